The molecule has 12 heteroatoms. The summed E-state index contributed by atoms with van der Waals surface area (Å²) in [5.74, 6) is -1.12. The number of hydrogen-bond acceptors (Lipinski definition) is 6. The molecule has 0 fully saturated rings. The Morgan fingerprint density at radius 2 is 1.88 bits per heavy atom. The normalized spacial score (nSPS) is 15.1. The Balaban J connectivity index is 3.14. The highest BCUT2D eigenvalue weighted by atomic mass is 35.5. The summed E-state index contributed by atoms with van der Waals surface area (Å²) in [7, 11) is -7.21. The van der Waals surface area contributed by atoms with Gasteiger partial charge in [0.1, 0.15) is 4.90 Å². The Bertz CT molecular complexity index is 866. The summed E-state index contributed by atoms with van der Waals surface area (Å²) < 4.78 is 48.9. The van der Waals surface area contributed by atoms with Crippen molar-refractivity contribution in [3.63, 3.8) is 0 Å². The number of sulfonamides is 2. The van der Waals surface area contributed by atoms with Crippen LogP contribution in [0.15, 0.2) is 28.0 Å². The summed E-state index contributed by atoms with van der Waals surface area (Å²) in [6, 6.07) is 3.02. The van der Waals surface area contributed by atoms with Crippen LogP contribution >= 0.6 is 11.6 Å². The van der Waals surface area contributed by atoms with Crippen LogP contribution in [0.3, 0.4) is 0 Å². The largest absolute Gasteiger partial charge is 0.481 e. The molecule has 0 amide bonds. The summed E-state index contributed by atoms with van der Waals surface area (Å²) in [5, 5.41) is 23.6. The molecule has 0 aromatic heterocycles. The van der Waals surface area contributed by atoms with Crippen LogP contribution in [0.4, 0.5) is 0 Å². The number of aliphatic carboxylic acids is 1. The van der Waals surface area contributed by atoms with E-state index < -0.39 is 43.1 Å². The third-order valence-electron chi connectivity index (χ3n) is 3.36. The van der Waals surface area contributed by atoms with Gasteiger partial charge in [0.05, 0.1) is 15.5 Å². The maximum absolute atomic E-state index is 12.6. The highest BCUT2D eigenvalue weighted by molar-refractivity contribution is 7.90. The van der Waals surface area contributed by atoms with Crippen LogP contribution in [0.25, 0.3) is 0 Å². The van der Waals surface area contributed by atoms with Crippen molar-refractivity contribution in [3.05, 3.63) is 23.2 Å². The van der Waals surface area contributed by atoms with Crippen LogP contribution in [-0.2, 0) is 24.8 Å². The first-order chi connectivity index (χ1) is 11.2. The van der Waals surface area contributed by atoms with Crippen LogP contribution in [-0.4, -0.2) is 56.5 Å². The van der Waals surface area contributed by atoms with Crippen molar-refractivity contribution in [2.75, 3.05) is 13.6 Å². The second-order valence-corrected chi connectivity index (χ2v) is 9.77. The molecule has 142 valence electrons. The lowest BCUT2D eigenvalue weighted by Gasteiger charge is -2.28. The Hall–Kier alpha value is -1.24. The third kappa shape index (κ3) is 5.90. The van der Waals surface area contributed by atoms with E-state index in [4.69, 9.17) is 21.8 Å². The molecule has 0 aliphatic carbocycles. The van der Waals surface area contributed by atoms with Crippen molar-refractivity contribution in [2.45, 2.75) is 35.2 Å². The molecular weight excluding hydrogens is 396 g/mol. The van der Waals surface area contributed by atoms with Crippen LogP contribution in [0.5, 0.6) is 0 Å². The van der Waals surface area contributed by atoms with Gasteiger partial charge in [-0.3, -0.25) is 4.79 Å². The number of primary sulfonamides is 1. The van der Waals surface area contributed by atoms with Gasteiger partial charge in [0.15, 0.2) is 0 Å². The van der Waals surface area contributed by atoms with Crippen molar-refractivity contribution in [2.24, 2.45) is 5.14 Å². The Kier molecular flexibility index (Phi) is 6.59. The van der Waals surface area contributed by atoms with E-state index in [0.29, 0.717) is 0 Å². The minimum Gasteiger partial charge on any atom is -0.481 e. The Morgan fingerprint density at radius 3 is 2.36 bits per heavy atom. The third-order valence-corrected chi connectivity index (χ3v) is 6.55. The lowest BCUT2D eigenvalue weighted by atomic mass is 10.0. The molecule has 0 spiro atoms. The minimum absolute atomic E-state index is 0.161. The number of rotatable bonds is 8. The van der Waals surface area contributed by atoms with Gasteiger partial charge >= 0.3 is 5.97 Å². The van der Waals surface area contributed by atoms with Crippen molar-refractivity contribution < 1.29 is 31.8 Å². The summed E-state index contributed by atoms with van der Waals surface area (Å²) in [5.41, 5.74) is -1.59. The van der Waals surface area contributed by atoms with Crippen molar-refractivity contribution in [1.29, 1.82) is 0 Å². The van der Waals surface area contributed by atoms with Crippen molar-refractivity contribution >= 4 is 37.6 Å². The van der Waals surface area contributed by atoms with E-state index in [9.17, 15) is 26.7 Å². The summed E-state index contributed by atoms with van der Waals surface area (Å²) in [6.07, 6.45) is -0.497. The number of hydrogen-bond donors (Lipinski definition) is 3. The first-order valence-corrected chi connectivity index (χ1v) is 10.3. The molecule has 1 aromatic carbocycles. The summed E-state index contributed by atoms with van der Waals surface area (Å²) >= 11 is 5.72. The summed E-state index contributed by atoms with van der Waals surface area (Å²) in [4.78, 5) is 9.67. The molecule has 1 atom stereocenters. The number of carboxylic acid groups (broad SMARTS) is 1. The first-order valence-electron chi connectivity index (χ1n) is 6.90. The maximum atomic E-state index is 12.6. The van der Waals surface area contributed by atoms with Gasteiger partial charge < -0.3 is 10.2 Å². The van der Waals surface area contributed by atoms with Gasteiger partial charge in [0.2, 0.25) is 20.0 Å². The zero-order chi connectivity index (χ0) is 19.6. The fourth-order valence-electron chi connectivity index (χ4n) is 2.06. The number of benzene rings is 1. The van der Waals surface area contributed by atoms with E-state index in [0.717, 1.165) is 22.5 Å². The van der Waals surface area contributed by atoms with Crippen LogP contribution in [0.1, 0.15) is 19.8 Å². The predicted octanol–water partition coefficient (Wildman–Crippen LogP) is 0.224. The molecule has 1 unspecified atom stereocenters. The quantitative estimate of drug-likeness (QED) is 0.549. The first kappa shape index (κ1) is 21.8. The van der Waals surface area contributed by atoms with Crippen LogP contribution < -0.4 is 5.14 Å². The fourth-order valence-corrected chi connectivity index (χ4v) is 4.52. The number of aliphatic hydroxyl groups is 1. The number of nitrogens with zero attached hydrogens (tertiary/aromatic N) is 1. The Labute approximate surface area is 151 Å². The second kappa shape index (κ2) is 7.56. The van der Waals surface area contributed by atoms with Crippen molar-refractivity contribution in [3.8, 4) is 0 Å². The molecule has 0 bridgehead atoms. The van der Waals surface area contributed by atoms with Gasteiger partial charge in [-0.1, -0.05) is 11.6 Å². The van der Waals surface area contributed by atoms with Crippen molar-refractivity contribution in [1.82, 2.24) is 4.31 Å². The highest BCUT2D eigenvalue weighted by Crippen LogP contribution is 2.26. The molecule has 1 rings (SSSR count). The minimum atomic E-state index is -4.22. The molecule has 25 heavy (non-hydrogen) atoms. The van der Waals surface area contributed by atoms with Gasteiger partial charge in [0.25, 0.3) is 0 Å². The van der Waals surface area contributed by atoms with Gasteiger partial charge in [-0.25, -0.2) is 22.0 Å². The molecule has 0 radical (unpaired) electrons. The van der Waals surface area contributed by atoms with E-state index >= 15 is 0 Å². The van der Waals surface area contributed by atoms with Crippen LogP contribution in [0, 0.1) is 0 Å². The van der Waals surface area contributed by atoms with E-state index in [1.165, 1.54) is 14.0 Å². The lowest BCUT2D eigenvalue weighted by Crippen LogP contribution is -2.42. The molecule has 0 saturated heterocycles. The van der Waals surface area contributed by atoms with E-state index in [2.05, 4.69) is 0 Å². The zero-order valence-corrected chi connectivity index (χ0v) is 15.9. The van der Waals surface area contributed by atoms with E-state index in [-0.39, 0.29) is 22.8 Å². The zero-order valence-electron chi connectivity index (χ0n) is 13.5. The topological polar surface area (TPSA) is 155 Å². The van der Waals surface area contributed by atoms with E-state index in [1.54, 1.807) is 0 Å². The molecule has 1 aromatic rings. The smallest absolute Gasteiger partial charge is 0.303 e. The van der Waals surface area contributed by atoms with Gasteiger partial charge in [-0.2, -0.15) is 4.31 Å². The average Bonchev–Trinajstić information content (AvgIpc) is 2.43. The summed E-state index contributed by atoms with van der Waals surface area (Å²) in [6.45, 7) is 0.912. The SMILES string of the molecule is CN(CC(C)(O)CCC(=O)O)S(=O)(=O)c1ccc(Cl)c(S(N)(=O)=O)c1. The number of nitrogens with two attached hydrogens (primary N) is 1. The van der Waals surface area contributed by atoms with Gasteiger partial charge in [-0.05, 0) is 31.5 Å². The molecule has 0 aliphatic heterocycles. The lowest BCUT2D eigenvalue weighted by molar-refractivity contribution is -0.138. The second-order valence-electron chi connectivity index (χ2n) is 5.79. The predicted molar refractivity (Wildman–Crippen MR) is 90.1 cm³/mol. The fraction of sp³-hybridized carbons (Fsp3) is 0.462. The molecule has 0 aliphatic rings. The molecule has 9 nitrogen and oxygen atoms in total. The number of likely N-dealkylation sites (N-methyl/N-ethyl adjacent to an activating group) is 1. The maximum Gasteiger partial charge on any atom is 0.303 e. The van der Waals surface area contributed by atoms with Crippen LogP contribution in [0.2, 0.25) is 5.02 Å². The van der Waals surface area contributed by atoms with Gasteiger partial charge in [-0.15, -0.1) is 0 Å². The molecular formula is C13H19ClN2O7S2. The Morgan fingerprint density at radius 1 is 1.32 bits per heavy atom. The van der Waals surface area contributed by atoms with E-state index in [1.807, 2.05) is 0 Å². The number of halogens is 1. The molecule has 0 saturated carbocycles. The monoisotopic (exact) mass is 414 g/mol. The standard InChI is InChI=1S/C13H19ClN2O7S2/c1-13(19,6-5-12(17)18)8-16(2)25(22,23)9-3-4-10(14)11(7-9)24(15,20)21/h3-4,7,19H,5-6,8H2,1-2H3,(H,17,18)(H2,15,20,21). The average molecular weight is 415 g/mol. The number of carbonyl (C=O) groups is 1. The molecule has 4 N–H and O–H groups in total. The van der Waals surface area contributed by atoms with Gasteiger partial charge in [0, 0.05) is 20.0 Å². The molecule has 0 heterocycles. The number of carboxylic acids is 1. The highest BCUT2D eigenvalue weighted by Gasteiger charge is 2.31.